The molecule has 0 aliphatic rings. The van der Waals surface area contributed by atoms with Crippen molar-refractivity contribution in [2.45, 2.75) is 26.9 Å². The second-order valence-electron chi connectivity index (χ2n) is 2.58. The van der Waals surface area contributed by atoms with Gasteiger partial charge in [0.1, 0.15) is 5.01 Å². The molecule has 0 bridgehead atoms. The van der Waals surface area contributed by atoms with E-state index >= 15 is 0 Å². The molecule has 0 aromatic carbocycles. The summed E-state index contributed by atoms with van der Waals surface area (Å²) in [5, 5.41) is 2.79. The quantitative estimate of drug-likeness (QED) is 0.662. The lowest BCUT2D eigenvalue weighted by molar-refractivity contribution is -0.145. The maximum Gasteiger partial charge on any atom is 0.303 e. The molecule has 4 heteroatoms. The summed E-state index contributed by atoms with van der Waals surface area (Å²) in [5.41, 5.74) is 0.967. The van der Waals surface area contributed by atoms with Crippen LogP contribution in [0.3, 0.4) is 0 Å². The maximum absolute atomic E-state index is 10.6. The first kappa shape index (κ1) is 9.19. The predicted molar refractivity (Wildman–Crippen MR) is 47.0 cm³/mol. The fourth-order valence-corrected chi connectivity index (χ4v) is 1.64. The third kappa shape index (κ3) is 2.30. The van der Waals surface area contributed by atoms with E-state index in [0.717, 1.165) is 10.7 Å². The lowest BCUT2D eigenvalue weighted by atomic mass is 10.4. The van der Waals surface area contributed by atoms with E-state index < -0.39 is 0 Å². The molecule has 0 fully saturated rings. The van der Waals surface area contributed by atoms with Crippen LogP contribution in [0.25, 0.3) is 0 Å². The van der Waals surface area contributed by atoms with Gasteiger partial charge in [0, 0.05) is 18.0 Å². The minimum absolute atomic E-state index is 0.221. The number of thiazole rings is 1. The van der Waals surface area contributed by atoms with Gasteiger partial charge in [-0.25, -0.2) is 4.98 Å². The summed E-state index contributed by atoms with van der Waals surface area (Å²) in [4.78, 5) is 14.8. The van der Waals surface area contributed by atoms with Crippen LogP contribution < -0.4 is 0 Å². The zero-order valence-electron chi connectivity index (χ0n) is 7.33. The van der Waals surface area contributed by atoms with E-state index in [-0.39, 0.29) is 12.1 Å². The van der Waals surface area contributed by atoms with Crippen LogP contribution in [0.5, 0.6) is 0 Å². The summed E-state index contributed by atoms with van der Waals surface area (Å²) >= 11 is 1.51. The highest BCUT2D eigenvalue weighted by molar-refractivity contribution is 7.09. The molecule has 0 N–H and O–H groups in total. The molecule has 1 heterocycles. The highest BCUT2D eigenvalue weighted by Crippen LogP contribution is 2.20. The van der Waals surface area contributed by atoms with Crippen LogP contribution in [0.4, 0.5) is 0 Å². The molecular weight excluding hydrogens is 174 g/mol. The van der Waals surface area contributed by atoms with Gasteiger partial charge in [-0.15, -0.1) is 11.3 Å². The van der Waals surface area contributed by atoms with E-state index in [9.17, 15) is 4.79 Å². The number of aryl methyl sites for hydroxylation is 1. The highest BCUT2D eigenvalue weighted by atomic mass is 32.1. The standard InChI is InChI=1S/C8H11NO2S/c1-5-4-12-8(9-5)6(2)11-7(3)10/h4,6H,1-3H3. The lowest BCUT2D eigenvalue weighted by Gasteiger charge is -2.07. The summed E-state index contributed by atoms with van der Waals surface area (Å²) in [6.07, 6.45) is -0.221. The molecule has 0 saturated heterocycles. The van der Waals surface area contributed by atoms with Crippen molar-refractivity contribution in [3.05, 3.63) is 16.1 Å². The Balaban J connectivity index is 2.64. The number of ether oxygens (including phenoxy) is 1. The Morgan fingerprint density at radius 2 is 2.42 bits per heavy atom. The molecule has 0 saturated carbocycles. The van der Waals surface area contributed by atoms with Crippen LogP contribution in [0, 0.1) is 6.92 Å². The molecular formula is C8H11NO2S. The normalized spacial score (nSPS) is 12.6. The van der Waals surface area contributed by atoms with Gasteiger partial charge < -0.3 is 4.74 Å². The van der Waals surface area contributed by atoms with Gasteiger partial charge in [0.2, 0.25) is 0 Å². The molecule has 12 heavy (non-hydrogen) atoms. The third-order valence-corrected chi connectivity index (χ3v) is 2.45. The van der Waals surface area contributed by atoms with Gasteiger partial charge in [-0.2, -0.15) is 0 Å². The predicted octanol–water partition coefficient (Wildman–Crippen LogP) is 2.08. The van der Waals surface area contributed by atoms with E-state index in [1.165, 1.54) is 18.3 Å². The molecule has 0 aliphatic heterocycles. The number of nitrogens with zero attached hydrogens (tertiary/aromatic N) is 1. The number of aromatic nitrogens is 1. The number of carbonyl (C=O) groups excluding carboxylic acids is 1. The number of carbonyl (C=O) groups is 1. The zero-order valence-corrected chi connectivity index (χ0v) is 8.14. The number of rotatable bonds is 2. The van der Waals surface area contributed by atoms with Gasteiger partial charge in [0.25, 0.3) is 0 Å². The van der Waals surface area contributed by atoms with E-state index in [1.54, 1.807) is 0 Å². The van der Waals surface area contributed by atoms with Crippen molar-refractivity contribution in [2.75, 3.05) is 0 Å². The van der Waals surface area contributed by atoms with Gasteiger partial charge in [-0.3, -0.25) is 4.79 Å². The van der Waals surface area contributed by atoms with Crippen LogP contribution in [0.1, 0.15) is 30.7 Å². The highest BCUT2D eigenvalue weighted by Gasteiger charge is 2.11. The number of esters is 1. The first-order valence-electron chi connectivity index (χ1n) is 3.69. The van der Waals surface area contributed by atoms with Crippen LogP contribution in [0.15, 0.2) is 5.38 Å². The molecule has 1 aromatic rings. The first-order chi connectivity index (χ1) is 5.59. The van der Waals surface area contributed by atoms with E-state index in [2.05, 4.69) is 4.98 Å². The van der Waals surface area contributed by atoms with E-state index in [0.29, 0.717) is 0 Å². The molecule has 0 amide bonds. The van der Waals surface area contributed by atoms with Gasteiger partial charge >= 0.3 is 5.97 Å². The van der Waals surface area contributed by atoms with E-state index in [1.807, 2.05) is 19.2 Å². The Bertz CT molecular complexity index is 282. The average Bonchev–Trinajstić information content (AvgIpc) is 2.34. The van der Waals surface area contributed by atoms with Crippen LogP contribution >= 0.6 is 11.3 Å². The molecule has 1 aromatic heterocycles. The smallest absolute Gasteiger partial charge is 0.303 e. The van der Waals surface area contributed by atoms with Crippen molar-refractivity contribution in [1.82, 2.24) is 4.98 Å². The van der Waals surface area contributed by atoms with Gasteiger partial charge in [0.15, 0.2) is 6.10 Å². The van der Waals surface area contributed by atoms with Crippen LogP contribution in [-0.4, -0.2) is 11.0 Å². The molecule has 0 spiro atoms. The van der Waals surface area contributed by atoms with Gasteiger partial charge in [-0.1, -0.05) is 0 Å². The van der Waals surface area contributed by atoms with Crippen LogP contribution in [-0.2, 0) is 9.53 Å². The van der Waals surface area contributed by atoms with Gasteiger partial charge in [0.05, 0.1) is 0 Å². The molecule has 0 aliphatic carbocycles. The second-order valence-corrected chi connectivity index (χ2v) is 3.47. The lowest BCUT2D eigenvalue weighted by Crippen LogP contribution is -2.04. The fourth-order valence-electron chi connectivity index (χ4n) is 0.858. The van der Waals surface area contributed by atoms with Crippen LogP contribution in [0.2, 0.25) is 0 Å². The summed E-state index contributed by atoms with van der Waals surface area (Å²) in [7, 11) is 0. The topological polar surface area (TPSA) is 39.2 Å². The Labute approximate surface area is 75.4 Å². The zero-order chi connectivity index (χ0) is 9.14. The Hall–Kier alpha value is -0.900. The summed E-state index contributed by atoms with van der Waals surface area (Å²) in [5.74, 6) is -0.268. The van der Waals surface area contributed by atoms with Crippen molar-refractivity contribution in [2.24, 2.45) is 0 Å². The molecule has 1 rings (SSSR count). The first-order valence-corrected chi connectivity index (χ1v) is 4.57. The van der Waals surface area contributed by atoms with Crippen molar-refractivity contribution >= 4 is 17.3 Å². The number of hydrogen-bond donors (Lipinski definition) is 0. The fraction of sp³-hybridized carbons (Fsp3) is 0.500. The average molecular weight is 185 g/mol. The summed E-state index contributed by atoms with van der Waals surface area (Å²) in [6, 6.07) is 0. The SMILES string of the molecule is CC(=O)OC(C)c1nc(C)cs1. The molecule has 66 valence electrons. The maximum atomic E-state index is 10.6. The van der Waals surface area contributed by atoms with Crippen molar-refractivity contribution in [3.8, 4) is 0 Å². The largest absolute Gasteiger partial charge is 0.455 e. The minimum Gasteiger partial charge on any atom is -0.455 e. The van der Waals surface area contributed by atoms with Crippen molar-refractivity contribution < 1.29 is 9.53 Å². The Morgan fingerprint density at radius 1 is 1.75 bits per heavy atom. The molecule has 1 unspecified atom stereocenters. The molecule has 3 nitrogen and oxygen atoms in total. The third-order valence-electron chi connectivity index (χ3n) is 1.33. The number of hydrogen-bond acceptors (Lipinski definition) is 4. The van der Waals surface area contributed by atoms with Gasteiger partial charge in [-0.05, 0) is 13.8 Å². The van der Waals surface area contributed by atoms with Crippen molar-refractivity contribution in [3.63, 3.8) is 0 Å². The summed E-state index contributed by atoms with van der Waals surface area (Å²) in [6.45, 7) is 5.14. The summed E-state index contributed by atoms with van der Waals surface area (Å²) < 4.78 is 4.96. The minimum atomic E-state index is -0.268. The Kier molecular flexibility index (Phi) is 2.81. The molecule has 1 atom stereocenters. The monoisotopic (exact) mass is 185 g/mol. The molecule has 0 radical (unpaired) electrons. The second kappa shape index (κ2) is 3.67. The van der Waals surface area contributed by atoms with E-state index in [4.69, 9.17) is 4.74 Å². The Morgan fingerprint density at radius 3 is 2.83 bits per heavy atom. The van der Waals surface area contributed by atoms with Crippen molar-refractivity contribution in [1.29, 1.82) is 0 Å².